The fourth-order valence-electron chi connectivity index (χ4n) is 4.94. The van der Waals surface area contributed by atoms with Crippen molar-refractivity contribution in [2.24, 2.45) is 5.92 Å². The quantitative estimate of drug-likeness (QED) is 0.282. The zero-order valence-corrected chi connectivity index (χ0v) is 25.5. The first-order valence-electron chi connectivity index (χ1n) is 13.5. The molecule has 0 aliphatic carbocycles. The van der Waals surface area contributed by atoms with Gasteiger partial charge in [-0.25, -0.2) is 0 Å². The Hall–Kier alpha value is -1.69. The molecule has 1 aliphatic heterocycles. The van der Waals surface area contributed by atoms with Crippen molar-refractivity contribution in [1.82, 2.24) is 0 Å². The molecule has 1 fully saturated rings. The normalized spacial score (nSPS) is 18.7. The molecule has 1 aliphatic rings. The molecule has 0 bridgehead atoms. The van der Waals surface area contributed by atoms with E-state index < -0.39 is 16.4 Å². The highest BCUT2D eigenvalue weighted by Gasteiger charge is 2.50. The number of benzene rings is 2. The van der Waals surface area contributed by atoms with E-state index in [0.29, 0.717) is 6.61 Å². The predicted octanol–water partition coefficient (Wildman–Crippen LogP) is 6.38. The van der Waals surface area contributed by atoms with Crippen LogP contribution >= 0.6 is 0 Å². The summed E-state index contributed by atoms with van der Waals surface area (Å²) >= 11 is 0. The van der Waals surface area contributed by atoms with Crippen LogP contribution in [0.2, 0.25) is 24.7 Å². The van der Waals surface area contributed by atoms with Crippen molar-refractivity contribution in [1.29, 1.82) is 0 Å². The minimum absolute atomic E-state index is 0.0184. The zero-order valence-electron chi connectivity index (χ0n) is 23.5. The predicted molar refractivity (Wildman–Crippen MR) is 157 cm³/mol. The molecule has 0 N–H and O–H groups in total. The van der Waals surface area contributed by atoms with Gasteiger partial charge in [0, 0.05) is 25.6 Å². The van der Waals surface area contributed by atoms with Gasteiger partial charge in [-0.1, -0.05) is 108 Å². The summed E-state index contributed by atoms with van der Waals surface area (Å²) in [5.41, 5.74) is 3.53. The van der Waals surface area contributed by atoms with Crippen LogP contribution < -0.4 is 10.4 Å². The van der Waals surface area contributed by atoms with Gasteiger partial charge in [0.2, 0.25) is 0 Å². The summed E-state index contributed by atoms with van der Waals surface area (Å²) < 4.78 is 19.7. The van der Waals surface area contributed by atoms with E-state index in [-0.39, 0.29) is 23.4 Å². The third kappa shape index (κ3) is 7.66. The summed E-state index contributed by atoms with van der Waals surface area (Å²) in [5, 5.41) is 2.57. The molecular weight excluding hydrogens is 477 g/mol. The standard InChI is InChI=1S/C31H46O3Si2/c1-26(29(21-16-24-35(5,6)7)34-30-22-14-15-23-32-30)25-33-36(31(2,3)4,27-17-10-8-11-18-27)28-19-12-9-13-20-28/h8-13,17-20,26,29-30H,14-15,21-23,25H2,1-7H3/t26-,29+,30?/m1/s1. The van der Waals surface area contributed by atoms with Crippen LogP contribution in [0.1, 0.15) is 53.4 Å². The second-order valence-electron chi connectivity index (χ2n) is 12.2. The Kier molecular flexibility index (Phi) is 10.2. The lowest BCUT2D eigenvalue weighted by molar-refractivity contribution is -0.197. The molecule has 1 unspecified atom stereocenters. The van der Waals surface area contributed by atoms with Crippen molar-refractivity contribution >= 4 is 26.8 Å². The molecule has 36 heavy (non-hydrogen) atoms. The highest BCUT2D eigenvalue weighted by Crippen LogP contribution is 2.37. The Balaban J connectivity index is 1.90. The van der Waals surface area contributed by atoms with E-state index in [2.05, 4.69) is 119 Å². The number of hydrogen-bond donors (Lipinski definition) is 0. The van der Waals surface area contributed by atoms with Crippen molar-refractivity contribution in [3.63, 3.8) is 0 Å². The Morgan fingerprint density at radius 1 is 0.944 bits per heavy atom. The Bertz CT molecular complexity index is 938. The molecule has 0 spiro atoms. The number of rotatable bonds is 9. The van der Waals surface area contributed by atoms with E-state index >= 15 is 0 Å². The maximum absolute atomic E-state index is 7.22. The van der Waals surface area contributed by atoms with Crippen LogP contribution in [-0.4, -0.2) is 42.0 Å². The zero-order chi connectivity index (χ0) is 26.2. The summed E-state index contributed by atoms with van der Waals surface area (Å²) in [5.74, 6) is 3.66. The van der Waals surface area contributed by atoms with Crippen LogP contribution in [0, 0.1) is 17.4 Å². The maximum atomic E-state index is 7.22. The molecular formula is C31H46O3Si2. The van der Waals surface area contributed by atoms with E-state index in [1.54, 1.807) is 0 Å². The first kappa shape index (κ1) is 28.9. The van der Waals surface area contributed by atoms with Crippen LogP contribution in [0.25, 0.3) is 0 Å². The number of hydrogen-bond acceptors (Lipinski definition) is 3. The van der Waals surface area contributed by atoms with E-state index in [1.165, 1.54) is 10.4 Å². The fourth-order valence-corrected chi connectivity index (χ4v) is 10.2. The van der Waals surface area contributed by atoms with Crippen molar-refractivity contribution < 1.29 is 13.9 Å². The monoisotopic (exact) mass is 522 g/mol. The van der Waals surface area contributed by atoms with Gasteiger partial charge in [-0.2, -0.15) is 0 Å². The Morgan fingerprint density at radius 3 is 2.00 bits per heavy atom. The van der Waals surface area contributed by atoms with Crippen molar-refractivity contribution in [2.75, 3.05) is 13.2 Å². The van der Waals surface area contributed by atoms with Crippen molar-refractivity contribution in [3.8, 4) is 11.5 Å². The van der Waals surface area contributed by atoms with Crippen LogP contribution in [0.15, 0.2) is 60.7 Å². The number of ether oxygens (including phenoxy) is 2. The third-order valence-electron chi connectivity index (χ3n) is 6.85. The van der Waals surface area contributed by atoms with Gasteiger partial charge in [-0.05, 0) is 34.7 Å². The molecule has 0 saturated carbocycles. The topological polar surface area (TPSA) is 27.7 Å². The van der Waals surface area contributed by atoms with E-state index in [1.807, 2.05) is 0 Å². The summed E-state index contributed by atoms with van der Waals surface area (Å²) in [7, 11) is -4.03. The average molecular weight is 523 g/mol. The molecule has 0 aromatic heterocycles. The van der Waals surface area contributed by atoms with Gasteiger partial charge in [0.25, 0.3) is 8.32 Å². The summed E-state index contributed by atoms with van der Waals surface area (Å²) in [6, 6.07) is 21.7. The first-order valence-corrected chi connectivity index (χ1v) is 19.0. The molecule has 0 amide bonds. The molecule has 1 heterocycles. The lowest BCUT2D eigenvalue weighted by Crippen LogP contribution is -2.67. The Morgan fingerprint density at radius 2 is 1.53 bits per heavy atom. The van der Waals surface area contributed by atoms with Crippen molar-refractivity contribution in [3.05, 3.63) is 60.7 Å². The Labute approximate surface area is 222 Å². The molecule has 196 valence electrons. The SMILES string of the molecule is C[C@H](CO[Si](c1ccccc1)(c1ccccc1)C(C)(C)C)[C@H](CC#C[Si](C)(C)C)OC1CCCCO1. The molecule has 3 rings (SSSR count). The lowest BCUT2D eigenvalue weighted by Gasteiger charge is -2.44. The van der Waals surface area contributed by atoms with E-state index in [4.69, 9.17) is 13.9 Å². The summed E-state index contributed by atoms with van der Waals surface area (Å²) in [6.07, 6.45) is 3.80. The van der Waals surface area contributed by atoms with Gasteiger partial charge < -0.3 is 13.9 Å². The largest absolute Gasteiger partial charge is 0.407 e. The second kappa shape index (κ2) is 12.7. The van der Waals surface area contributed by atoms with Crippen LogP contribution in [0.4, 0.5) is 0 Å². The fraction of sp³-hybridized carbons (Fsp3) is 0.548. The second-order valence-corrected chi connectivity index (χ2v) is 21.2. The molecule has 3 nitrogen and oxygen atoms in total. The van der Waals surface area contributed by atoms with Gasteiger partial charge in [0.05, 0.1) is 6.10 Å². The molecule has 0 radical (unpaired) electrons. The average Bonchev–Trinajstić information content (AvgIpc) is 2.84. The molecule has 2 aromatic carbocycles. The highest BCUT2D eigenvalue weighted by atomic mass is 28.4. The van der Waals surface area contributed by atoms with Crippen LogP contribution in [0.5, 0.6) is 0 Å². The molecule has 1 saturated heterocycles. The maximum Gasteiger partial charge on any atom is 0.261 e. The lowest BCUT2D eigenvalue weighted by atomic mass is 10.0. The third-order valence-corrected chi connectivity index (χ3v) is 12.8. The summed E-state index contributed by atoms with van der Waals surface area (Å²) in [4.78, 5) is 0. The van der Waals surface area contributed by atoms with Gasteiger partial charge in [0.1, 0.15) is 8.07 Å². The molecule has 3 atom stereocenters. The van der Waals surface area contributed by atoms with Crippen LogP contribution in [-0.2, 0) is 13.9 Å². The minimum atomic E-state index is -2.59. The van der Waals surface area contributed by atoms with Gasteiger partial charge in [-0.3, -0.25) is 0 Å². The van der Waals surface area contributed by atoms with E-state index in [9.17, 15) is 0 Å². The van der Waals surface area contributed by atoms with Gasteiger partial charge in [0.15, 0.2) is 6.29 Å². The minimum Gasteiger partial charge on any atom is -0.407 e. The van der Waals surface area contributed by atoms with Gasteiger partial charge >= 0.3 is 0 Å². The molecule has 5 heteroatoms. The molecule has 2 aromatic rings. The van der Waals surface area contributed by atoms with E-state index in [0.717, 1.165) is 32.3 Å². The van der Waals surface area contributed by atoms with Crippen molar-refractivity contribution in [2.45, 2.75) is 90.5 Å². The summed E-state index contributed by atoms with van der Waals surface area (Å²) in [6.45, 7) is 17.5. The van der Waals surface area contributed by atoms with Crippen LogP contribution in [0.3, 0.4) is 0 Å². The highest BCUT2D eigenvalue weighted by molar-refractivity contribution is 6.99. The smallest absolute Gasteiger partial charge is 0.261 e. The first-order chi connectivity index (χ1) is 17.0. The van der Waals surface area contributed by atoms with Gasteiger partial charge in [-0.15, -0.1) is 11.5 Å².